The van der Waals surface area contributed by atoms with Gasteiger partial charge in [-0.1, -0.05) is 19.9 Å². The van der Waals surface area contributed by atoms with Crippen molar-refractivity contribution in [3.05, 3.63) is 34.1 Å². The Morgan fingerprint density at radius 1 is 1.32 bits per heavy atom. The third-order valence-electron chi connectivity index (χ3n) is 3.88. The molecule has 2 amide bonds. The smallest absolute Gasteiger partial charge is 0.407 e. The van der Waals surface area contributed by atoms with Crippen LogP contribution < -0.4 is 11.1 Å². The highest BCUT2D eigenvalue weighted by Crippen LogP contribution is 2.30. The van der Waals surface area contributed by atoms with E-state index in [1.807, 2.05) is 13.8 Å². The number of hydrogen-bond acceptors (Lipinski definition) is 4. The molecule has 2 aromatic rings. The van der Waals surface area contributed by atoms with Crippen molar-refractivity contribution in [2.24, 2.45) is 0 Å². The first-order valence-corrected chi connectivity index (χ1v) is 7.07. The fraction of sp³-hybridized carbons (Fsp3) is 0.400. The minimum atomic E-state index is -0.941. The summed E-state index contributed by atoms with van der Waals surface area (Å²) in [6.07, 6.45) is 0.242. The van der Waals surface area contributed by atoms with Gasteiger partial charge in [-0.15, -0.1) is 0 Å². The van der Waals surface area contributed by atoms with Crippen molar-refractivity contribution in [2.75, 3.05) is 0 Å². The predicted octanol–water partition coefficient (Wildman–Crippen LogP) is 1.83. The van der Waals surface area contributed by atoms with Crippen LogP contribution in [0, 0.1) is 5.82 Å². The molecule has 6 nitrogen and oxygen atoms in total. The fourth-order valence-electron chi connectivity index (χ4n) is 2.79. The summed E-state index contributed by atoms with van der Waals surface area (Å²) in [4.78, 5) is 35.4. The predicted molar refractivity (Wildman–Crippen MR) is 75.9 cm³/mol. The van der Waals surface area contributed by atoms with E-state index in [4.69, 9.17) is 4.42 Å². The third kappa shape index (κ3) is 2.13. The molecule has 116 valence electrons. The second kappa shape index (κ2) is 5.08. The SMILES string of the molecule is CC(C)c1ccc(F)c2c1oc(=O)n2C1CCC(=O)NC1=O. The minimum absolute atomic E-state index is 0.0225. The number of rotatable bonds is 2. The number of benzene rings is 1. The molecule has 2 heterocycles. The molecule has 1 aliphatic rings. The molecular formula is C15H15FN2O4. The number of aromatic nitrogens is 1. The highest BCUT2D eigenvalue weighted by Gasteiger charge is 2.32. The molecule has 1 aliphatic heterocycles. The lowest BCUT2D eigenvalue weighted by Crippen LogP contribution is -2.43. The normalized spacial score (nSPS) is 19.0. The molecular weight excluding hydrogens is 291 g/mol. The molecule has 1 atom stereocenters. The summed E-state index contributed by atoms with van der Waals surface area (Å²) in [6, 6.07) is 1.89. The second-order valence-electron chi connectivity index (χ2n) is 5.67. The first-order chi connectivity index (χ1) is 10.4. The largest absolute Gasteiger partial charge is 0.420 e. The number of hydrogen-bond donors (Lipinski definition) is 1. The van der Waals surface area contributed by atoms with Gasteiger partial charge in [0.05, 0.1) is 0 Å². The summed E-state index contributed by atoms with van der Waals surface area (Å²) in [7, 11) is 0. The number of nitrogens with zero attached hydrogens (tertiary/aromatic N) is 1. The number of fused-ring (bicyclic) bond motifs is 1. The monoisotopic (exact) mass is 306 g/mol. The van der Waals surface area contributed by atoms with Gasteiger partial charge in [-0.3, -0.25) is 19.5 Å². The van der Waals surface area contributed by atoms with Crippen LogP contribution in [0.1, 0.15) is 44.2 Å². The topological polar surface area (TPSA) is 81.3 Å². The Bertz CT molecular complexity index is 834. The van der Waals surface area contributed by atoms with Gasteiger partial charge < -0.3 is 4.42 Å². The van der Waals surface area contributed by atoms with Crippen LogP contribution >= 0.6 is 0 Å². The third-order valence-corrected chi connectivity index (χ3v) is 3.88. The van der Waals surface area contributed by atoms with E-state index in [1.54, 1.807) is 6.07 Å². The Balaban J connectivity index is 2.24. The Morgan fingerprint density at radius 2 is 2.05 bits per heavy atom. The van der Waals surface area contributed by atoms with Crippen LogP contribution in [0.4, 0.5) is 4.39 Å². The first kappa shape index (κ1) is 14.5. The number of amides is 2. The average molecular weight is 306 g/mol. The van der Waals surface area contributed by atoms with Crippen LogP contribution in [-0.2, 0) is 9.59 Å². The number of halogens is 1. The van der Waals surface area contributed by atoms with Gasteiger partial charge in [0.2, 0.25) is 11.8 Å². The molecule has 1 aromatic carbocycles. The van der Waals surface area contributed by atoms with Crippen molar-refractivity contribution in [1.29, 1.82) is 0 Å². The van der Waals surface area contributed by atoms with Crippen molar-refractivity contribution in [3.8, 4) is 0 Å². The van der Waals surface area contributed by atoms with Gasteiger partial charge in [0.15, 0.2) is 11.4 Å². The molecule has 0 bridgehead atoms. The molecule has 22 heavy (non-hydrogen) atoms. The number of carbonyl (C=O) groups excluding carboxylic acids is 2. The van der Waals surface area contributed by atoms with Gasteiger partial charge in [-0.2, -0.15) is 0 Å². The Labute approximate surface area is 124 Å². The quantitative estimate of drug-likeness (QED) is 0.858. The van der Waals surface area contributed by atoms with E-state index < -0.39 is 29.4 Å². The zero-order valence-corrected chi connectivity index (χ0v) is 12.2. The molecule has 0 radical (unpaired) electrons. The van der Waals surface area contributed by atoms with Crippen molar-refractivity contribution in [3.63, 3.8) is 0 Å². The van der Waals surface area contributed by atoms with E-state index in [2.05, 4.69) is 5.32 Å². The van der Waals surface area contributed by atoms with Gasteiger partial charge in [0, 0.05) is 6.42 Å². The summed E-state index contributed by atoms with van der Waals surface area (Å²) >= 11 is 0. The molecule has 1 N–H and O–H groups in total. The number of carbonyl (C=O) groups is 2. The molecule has 0 spiro atoms. The lowest BCUT2D eigenvalue weighted by Gasteiger charge is -2.21. The lowest BCUT2D eigenvalue weighted by atomic mass is 10.0. The van der Waals surface area contributed by atoms with Crippen LogP contribution in [0.5, 0.6) is 0 Å². The maximum Gasteiger partial charge on any atom is 0.420 e. The van der Waals surface area contributed by atoms with E-state index in [0.717, 1.165) is 4.57 Å². The molecule has 7 heteroatoms. The van der Waals surface area contributed by atoms with Crippen LogP contribution in [0.2, 0.25) is 0 Å². The zero-order chi connectivity index (χ0) is 16.0. The Kier molecular flexibility index (Phi) is 3.35. The summed E-state index contributed by atoms with van der Waals surface area (Å²) in [5, 5.41) is 2.16. The molecule has 1 saturated heterocycles. The second-order valence-corrected chi connectivity index (χ2v) is 5.67. The fourth-order valence-corrected chi connectivity index (χ4v) is 2.79. The minimum Gasteiger partial charge on any atom is -0.407 e. The first-order valence-electron chi connectivity index (χ1n) is 7.07. The number of oxazole rings is 1. The van der Waals surface area contributed by atoms with Gasteiger partial charge in [0.25, 0.3) is 0 Å². The van der Waals surface area contributed by atoms with Crippen LogP contribution in [0.3, 0.4) is 0 Å². The van der Waals surface area contributed by atoms with Crippen molar-refractivity contribution in [1.82, 2.24) is 9.88 Å². The molecule has 3 rings (SSSR count). The van der Waals surface area contributed by atoms with Gasteiger partial charge in [-0.25, -0.2) is 9.18 Å². The van der Waals surface area contributed by atoms with Crippen molar-refractivity contribution in [2.45, 2.75) is 38.6 Å². The maximum atomic E-state index is 14.2. The Morgan fingerprint density at radius 3 is 2.68 bits per heavy atom. The standard InChI is InChI=1S/C15H15FN2O4/c1-7(2)8-3-4-9(16)12-13(8)22-15(21)18(12)10-5-6-11(19)17-14(10)20/h3-4,7,10H,5-6H2,1-2H3,(H,17,19,20). The van der Waals surface area contributed by atoms with E-state index >= 15 is 0 Å². The van der Waals surface area contributed by atoms with Crippen LogP contribution in [0.25, 0.3) is 11.1 Å². The molecule has 0 saturated carbocycles. The molecule has 1 fully saturated rings. The maximum absolute atomic E-state index is 14.2. The zero-order valence-electron chi connectivity index (χ0n) is 12.2. The van der Waals surface area contributed by atoms with Crippen LogP contribution in [0.15, 0.2) is 21.3 Å². The lowest BCUT2D eigenvalue weighted by molar-refractivity contribution is -0.135. The molecule has 1 unspecified atom stereocenters. The number of piperidine rings is 1. The van der Waals surface area contributed by atoms with E-state index in [9.17, 15) is 18.8 Å². The highest BCUT2D eigenvalue weighted by molar-refractivity contribution is 6.00. The van der Waals surface area contributed by atoms with Gasteiger partial charge >= 0.3 is 5.76 Å². The van der Waals surface area contributed by atoms with E-state index in [0.29, 0.717) is 5.56 Å². The van der Waals surface area contributed by atoms with E-state index in [-0.39, 0.29) is 29.9 Å². The Hall–Kier alpha value is -2.44. The summed E-state index contributed by atoms with van der Waals surface area (Å²) in [6.45, 7) is 3.80. The highest BCUT2D eigenvalue weighted by atomic mass is 19.1. The molecule has 1 aromatic heterocycles. The number of nitrogens with one attached hydrogen (secondary N) is 1. The molecule has 0 aliphatic carbocycles. The van der Waals surface area contributed by atoms with Crippen molar-refractivity contribution >= 4 is 22.9 Å². The summed E-state index contributed by atoms with van der Waals surface area (Å²) < 4.78 is 20.5. The summed E-state index contributed by atoms with van der Waals surface area (Å²) in [5.74, 6) is -2.41. The average Bonchev–Trinajstić information content (AvgIpc) is 2.77. The van der Waals surface area contributed by atoms with Crippen LogP contribution in [-0.4, -0.2) is 16.4 Å². The van der Waals surface area contributed by atoms with Crippen molar-refractivity contribution < 1.29 is 18.4 Å². The van der Waals surface area contributed by atoms with Gasteiger partial charge in [-0.05, 0) is 24.0 Å². The van der Waals surface area contributed by atoms with E-state index in [1.165, 1.54) is 6.07 Å². The number of imide groups is 1. The summed E-state index contributed by atoms with van der Waals surface area (Å²) in [5.41, 5.74) is 0.829. The van der Waals surface area contributed by atoms with Gasteiger partial charge in [0.1, 0.15) is 11.6 Å².